The highest BCUT2D eigenvalue weighted by Crippen LogP contribution is 2.29. The normalized spacial score (nSPS) is 11.9. The van der Waals surface area contributed by atoms with Crippen LogP contribution in [0.15, 0.2) is 102 Å². The van der Waals surface area contributed by atoms with E-state index in [1.807, 2.05) is 75.4 Å². The number of likely N-dealkylation sites (N-methyl/N-ethyl adjacent to an activating group) is 1. The van der Waals surface area contributed by atoms with Crippen LogP contribution in [0.25, 0.3) is 0 Å². The summed E-state index contributed by atoms with van der Waals surface area (Å²) in [6, 6.07) is 27.6. The lowest BCUT2D eigenvalue weighted by Gasteiger charge is -2.33. The van der Waals surface area contributed by atoms with Crippen molar-refractivity contribution in [1.29, 1.82) is 0 Å². The van der Waals surface area contributed by atoms with Crippen LogP contribution in [0.3, 0.4) is 0 Å². The van der Waals surface area contributed by atoms with Crippen LogP contribution in [0.5, 0.6) is 0 Å². The van der Waals surface area contributed by atoms with Crippen LogP contribution in [0, 0.1) is 20.8 Å². The first-order valence-electron chi connectivity index (χ1n) is 14.0. The largest absolute Gasteiger partial charge is 0.357 e. The highest BCUT2D eigenvalue weighted by molar-refractivity contribution is 7.92. The molecule has 0 aromatic heterocycles. The molecule has 0 bridgehead atoms. The molecule has 0 aliphatic heterocycles. The molecule has 9 heteroatoms. The van der Waals surface area contributed by atoms with Crippen LogP contribution in [-0.2, 0) is 32.6 Å². The number of aryl methyl sites for hydroxylation is 3. The fourth-order valence-electron chi connectivity index (χ4n) is 4.83. The lowest BCUT2D eigenvalue weighted by molar-refractivity contribution is -0.139. The van der Waals surface area contributed by atoms with E-state index in [1.165, 1.54) is 24.1 Å². The molecule has 0 aliphatic rings. The van der Waals surface area contributed by atoms with Gasteiger partial charge in [-0.3, -0.25) is 13.9 Å². The Morgan fingerprint density at radius 1 is 0.814 bits per heavy atom. The standard InChI is InChI=1S/C34H36ClN3O4S/c1-24-13-17-30(18-14-24)43(41,42)38(29-16-15-26(3)31(35)21-29)23-33(39)37(22-28-12-8-9-25(2)19-28)32(34(40)36-4)20-27-10-6-5-7-11-27/h5-19,21,32H,20,22-23H2,1-4H3,(H,36,40)/t32-/m1/s1. The van der Waals surface area contributed by atoms with E-state index >= 15 is 0 Å². The zero-order valence-electron chi connectivity index (χ0n) is 24.7. The van der Waals surface area contributed by atoms with Crippen molar-refractivity contribution in [1.82, 2.24) is 10.2 Å². The average molecular weight is 618 g/mol. The molecule has 0 spiro atoms. The van der Waals surface area contributed by atoms with E-state index in [2.05, 4.69) is 5.32 Å². The Hall–Kier alpha value is -4.14. The van der Waals surface area contributed by atoms with Gasteiger partial charge in [0, 0.05) is 25.0 Å². The number of anilines is 1. The van der Waals surface area contributed by atoms with Gasteiger partial charge in [-0.1, -0.05) is 95.5 Å². The van der Waals surface area contributed by atoms with Gasteiger partial charge in [-0.05, 0) is 61.7 Å². The number of amides is 2. The number of sulfonamides is 1. The minimum Gasteiger partial charge on any atom is -0.357 e. The molecule has 0 fully saturated rings. The van der Waals surface area contributed by atoms with Gasteiger partial charge in [-0.15, -0.1) is 0 Å². The third-order valence-electron chi connectivity index (χ3n) is 7.28. The molecule has 0 heterocycles. The van der Waals surface area contributed by atoms with E-state index in [1.54, 1.807) is 30.3 Å². The monoisotopic (exact) mass is 617 g/mol. The summed E-state index contributed by atoms with van der Waals surface area (Å²) in [7, 11) is -2.67. The van der Waals surface area contributed by atoms with Crippen LogP contribution >= 0.6 is 11.6 Å². The highest BCUT2D eigenvalue weighted by atomic mass is 35.5. The first-order valence-corrected chi connectivity index (χ1v) is 15.8. The third-order valence-corrected chi connectivity index (χ3v) is 9.48. The van der Waals surface area contributed by atoms with Crippen molar-refractivity contribution in [2.24, 2.45) is 0 Å². The van der Waals surface area contributed by atoms with Crippen LogP contribution in [0.1, 0.15) is 27.8 Å². The third kappa shape index (κ3) is 7.83. The number of hydrogen-bond acceptors (Lipinski definition) is 4. The molecular formula is C34H36ClN3O4S. The molecule has 0 aliphatic carbocycles. The van der Waals surface area contributed by atoms with Crippen LogP contribution in [0.4, 0.5) is 5.69 Å². The number of nitrogens with zero attached hydrogens (tertiary/aromatic N) is 2. The summed E-state index contributed by atoms with van der Waals surface area (Å²) in [5, 5.41) is 3.07. The number of rotatable bonds is 11. The number of nitrogens with one attached hydrogen (secondary N) is 1. The highest BCUT2D eigenvalue weighted by Gasteiger charge is 2.34. The smallest absolute Gasteiger partial charge is 0.264 e. The SMILES string of the molecule is CNC(=O)[C@@H](Cc1ccccc1)N(Cc1cccc(C)c1)C(=O)CN(c1ccc(C)c(Cl)c1)S(=O)(=O)c1ccc(C)cc1. The van der Waals surface area contributed by atoms with Crippen LogP contribution < -0.4 is 9.62 Å². The molecule has 4 rings (SSSR count). The number of carbonyl (C=O) groups is 2. The summed E-state index contributed by atoms with van der Waals surface area (Å²) in [6.07, 6.45) is 0.249. The molecule has 43 heavy (non-hydrogen) atoms. The van der Waals surface area contributed by atoms with Crippen molar-refractivity contribution in [3.63, 3.8) is 0 Å². The minimum absolute atomic E-state index is 0.0416. The van der Waals surface area contributed by atoms with Crippen molar-refractivity contribution in [2.75, 3.05) is 17.9 Å². The molecular weight excluding hydrogens is 582 g/mol. The predicted octanol–water partition coefficient (Wildman–Crippen LogP) is 5.85. The molecule has 0 radical (unpaired) electrons. The van der Waals surface area contributed by atoms with Gasteiger partial charge in [-0.2, -0.15) is 0 Å². The van der Waals surface area contributed by atoms with Gasteiger partial charge < -0.3 is 10.2 Å². The van der Waals surface area contributed by atoms with Crippen LogP contribution in [0.2, 0.25) is 5.02 Å². The summed E-state index contributed by atoms with van der Waals surface area (Å²) in [4.78, 5) is 29.2. The Labute approximate surface area is 259 Å². The van der Waals surface area contributed by atoms with E-state index in [9.17, 15) is 18.0 Å². The quantitative estimate of drug-likeness (QED) is 0.229. The van der Waals surface area contributed by atoms with E-state index < -0.39 is 28.5 Å². The lowest BCUT2D eigenvalue weighted by Crippen LogP contribution is -2.53. The minimum atomic E-state index is -4.19. The number of carbonyl (C=O) groups excluding carboxylic acids is 2. The van der Waals surface area contributed by atoms with Gasteiger partial charge in [0.25, 0.3) is 10.0 Å². The zero-order valence-corrected chi connectivity index (χ0v) is 26.3. The van der Waals surface area contributed by atoms with Crippen molar-refractivity contribution in [3.05, 3.63) is 130 Å². The van der Waals surface area contributed by atoms with Gasteiger partial charge in [-0.25, -0.2) is 8.42 Å². The number of benzene rings is 4. The maximum Gasteiger partial charge on any atom is 0.264 e. The molecule has 0 saturated carbocycles. The molecule has 1 atom stereocenters. The summed E-state index contributed by atoms with van der Waals surface area (Å²) in [5.41, 5.74) is 4.61. The van der Waals surface area contributed by atoms with Gasteiger partial charge in [0.05, 0.1) is 10.6 Å². The summed E-state index contributed by atoms with van der Waals surface area (Å²) in [6.45, 7) is 5.21. The van der Waals surface area contributed by atoms with Crippen molar-refractivity contribution in [3.8, 4) is 0 Å². The second-order valence-electron chi connectivity index (χ2n) is 10.6. The van der Waals surface area contributed by atoms with E-state index in [0.717, 1.165) is 32.1 Å². The maximum atomic E-state index is 14.4. The fraction of sp³-hybridized carbons (Fsp3) is 0.235. The molecule has 0 unspecified atom stereocenters. The molecule has 7 nitrogen and oxygen atoms in total. The fourth-order valence-corrected chi connectivity index (χ4v) is 6.41. The summed E-state index contributed by atoms with van der Waals surface area (Å²) >= 11 is 6.43. The Bertz CT molecular complexity index is 1690. The summed E-state index contributed by atoms with van der Waals surface area (Å²) < 4.78 is 29.2. The lowest BCUT2D eigenvalue weighted by atomic mass is 10.0. The van der Waals surface area contributed by atoms with Crippen LogP contribution in [-0.4, -0.2) is 44.8 Å². The first kappa shape index (κ1) is 31.8. The Balaban J connectivity index is 1.80. The molecule has 224 valence electrons. The molecule has 4 aromatic carbocycles. The van der Waals surface area contributed by atoms with E-state index in [-0.39, 0.29) is 29.5 Å². The first-order chi connectivity index (χ1) is 20.5. The van der Waals surface area contributed by atoms with Gasteiger partial charge >= 0.3 is 0 Å². The Morgan fingerprint density at radius 3 is 2.12 bits per heavy atom. The second kappa shape index (κ2) is 13.9. The Kier molecular flexibility index (Phi) is 10.3. The topological polar surface area (TPSA) is 86.8 Å². The maximum absolute atomic E-state index is 14.4. The number of halogens is 1. The predicted molar refractivity (Wildman–Crippen MR) is 172 cm³/mol. The second-order valence-corrected chi connectivity index (χ2v) is 12.9. The average Bonchev–Trinajstić information content (AvgIpc) is 2.99. The Morgan fingerprint density at radius 2 is 1.49 bits per heavy atom. The van der Waals surface area contributed by atoms with Gasteiger partial charge in [0.15, 0.2) is 0 Å². The van der Waals surface area contributed by atoms with Gasteiger partial charge in [0.2, 0.25) is 11.8 Å². The summed E-state index contributed by atoms with van der Waals surface area (Å²) in [5.74, 6) is -0.880. The van der Waals surface area contributed by atoms with Crippen molar-refractivity contribution in [2.45, 2.75) is 44.7 Å². The molecule has 1 N–H and O–H groups in total. The molecule has 4 aromatic rings. The van der Waals surface area contributed by atoms with Crippen molar-refractivity contribution >= 4 is 39.1 Å². The zero-order chi connectivity index (χ0) is 31.1. The van der Waals surface area contributed by atoms with E-state index in [0.29, 0.717) is 5.02 Å². The van der Waals surface area contributed by atoms with Crippen molar-refractivity contribution < 1.29 is 18.0 Å². The van der Waals surface area contributed by atoms with E-state index in [4.69, 9.17) is 11.6 Å². The molecule has 0 saturated heterocycles. The molecule has 2 amide bonds. The number of hydrogen-bond donors (Lipinski definition) is 1. The van der Waals surface area contributed by atoms with Gasteiger partial charge in [0.1, 0.15) is 12.6 Å².